The summed E-state index contributed by atoms with van der Waals surface area (Å²) in [6, 6.07) is 0. The molecule has 0 aromatic heterocycles. The van der Waals surface area contributed by atoms with Crippen LogP contribution in [0.1, 0.15) is 154 Å². The number of carbonyl (C=O) groups is 3. The number of fused-ring (bicyclic) bond motifs is 4. The van der Waals surface area contributed by atoms with Crippen LogP contribution >= 0.6 is 0 Å². The second kappa shape index (κ2) is 23.5. The van der Waals surface area contributed by atoms with E-state index in [1.54, 1.807) is 20.8 Å². The van der Waals surface area contributed by atoms with Crippen molar-refractivity contribution in [3.63, 3.8) is 0 Å². The number of Topliss-reactive ketones (excluding diaryl/α,β-unsaturated/α-hetero) is 2. The summed E-state index contributed by atoms with van der Waals surface area (Å²) < 4.78 is 44.4. The minimum Gasteiger partial charge on any atom is -0.511 e. The Bertz CT molecular complexity index is 2260. The van der Waals surface area contributed by atoms with E-state index in [1.807, 2.05) is 54.5 Å². The first-order chi connectivity index (χ1) is 36.3. The van der Waals surface area contributed by atoms with Crippen molar-refractivity contribution in [2.24, 2.45) is 58.2 Å². The molecular formula is C60H92O17. The van der Waals surface area contributed by atoms with Gasteiger partial charge >= 0.3 is 5.97 Å². The van der Waals surface area contributed by atoms with Gasteiger partial charge in [-0.15, -0.1) is 0 Å². The topological polar surface area (TPSA) is 257 Å². The molecule has 1 spiro atoms. The second-order valence-corrected chi connectivity index (χ2v) is 25.2. The molecule has 8 rings (SSSR count). The van der Waals surface area contributed by atoms with Crippen molar-refractivity contribution in [3.05, 3.63) is 46.3 Å². The lowest BCUT2D eigenvalue weighted by Gasteiger charge is -2.56. The van der Waals surface area contributed by atoms with E-state index < -0.39 is 144 Å². The smallest absolute Gasteiger partial charge is 0.346 e. The molecule has 4 saturated heterocycles. The van der Waals surface area contributed by atoms with E-state index >= 15 is 4.79 Å². The number of rotatable bonds is 9. The van der Waals surface area contributed by atoms with E-state index in [-0.39, 0.29) is 80.0 Å². The molecule has 17 nitrogen and oxygen atoms in total. The fourth-order valence-electron chi connectivity index (χ4n) is 15.7. The molecule has 4 aliphatic carbocycles. The Morgan fingerprint density at radius 3 is 1.83 bits per heavy atom. The van der Waals surface area contributed by atoms with Crippen LogP contribution in [0.15, 0.2) is 46.3 Å². The Hall–Kier alpha value is -2.91. The van der Waals surface area contributed by atoms with Gasteiger partial charge in [0.1, 0.15) is 35.4 Å². The van der Waals surface area contributed by atoms with Crippen LogP contribution in [0.2, 0.25) is 0 Å². The maximum absolute atomic E-state index is 15.7. The lowest BCUT2D eigenvalue weighted by atomic mass is 9.47. The van der Waals surface area contributed by atoms with Gasteiger partial charge in [-0.3, -0.25) is 9.59 Å². The SMILES string of the molecule is CCC1=CC(CO)CC(C)C(OC2CC(O)C(OC3CC(O)C(OC4CC(O)C(O)C(C)O4)C(C)O3)C(C)O2)C(C)CCCC2(C)C=C(C)C(C)CC23OC(=O)C(=C(O)C2(CC)C1C(C)=CC1C(O)CC(=O)C(C)C12)C3=O. The van der Waals surface area contributed by atoms with Gasteiger partial charge in [-0.2, -0.15) is 0 Å². The minimum atomic E-state index is -1.62. The molecule has 0 radical (unpaired) electrons. The molecule has 0 aromatic carbocycles. The number of allylic oxidation sites excluding steroid dienone is 4. The highest BCUT2D eigenvalue weighted by Crippen LogP contribution is 2.64. The van der Waals surface area contributed by atoms with E-state index in [9.17, 15) is 45.3 Å². The summed E-state index contributed by atoms with van der Waals surface area (Å²) in [5.74, 6) is -5.27. The number of esters is 1. The van der Waals surface area contributed by atoms with E-state index in [0.717, 1.165) is 16.7 Å². The Morgan fingerprint density at radius 2 is 1.29 bits per heavy atom. The molecule has 4 aliphatic heterocycles. The third-order valence-corrected chi connectivity index (χ3v) is 20.0. The van der Waals surface area contributed by atoms with Crippen LogP contribution in [0.4, 0.5) is 0 Å². The van der Waals surface area contributed by atoms with Gasteiger partial charge in [0.2, 0.25) is 5.78 Å². The third-order valence-electron chi connectivity index (χ3n) is 20.0. The van der Waals surface area contributed by atoms with Crippen LogP contribution in [0.25, 0.3) is 0 Å². The van der Waals surface area contributed by atoms with Gasteiger partial charge in [-0.25, -0.2) is 4.79 Å². The largest absolute Gasteiger partial charge is 0.511 e. The predicted octanol–water partition coefficient (Wildman–Crippen LogP) is 6.63. The summed E-state index contributed by atoms with van der Waals surface area (Å²) in [6.07, 6.45) is -2.54. The molecule has 4 heterocycles. The number of ketones is 2. The van der Waals surface area contributed by atoms with Gasteiger partial charge in [0.05, 0.1) is 48.8 Å². The van der Waals surface area contributed by atoms with Crippen molar-refractivity contribution in [1.82, 2.24) is 0 Å². The second-order valence-electron chi connectivity index (χ2n) is 25.2. The summed E-state index contributed by atoms with van der Waals surface area (Å²) in [5, 5.41) is 79.7. The number of ether oxygens (including phenoxy) is 7. The van der Waals surface area contributed by atoms with Crippen molar-refractivity contribution in [1.29, 1.82) is 0 Å². The Morgan fingerprint density at radius 1 is 0.714 bits per heavy atom. The van der Waals surface area contributed by atoms with Crippen LogP contribution in [0, 0.1) is 58.2 Å². The molecule has 0 aromatic rings. The molecular weight excluding hydrogens is 993 g/mol. The van der Waals surface area contributed by atoms with E-state index in [1.165, 1.54) is 0 Å². The summed E-state index contributed by atoms with van der Waals surface area (Å²) >= 11 is 0. The van der Waals surface area contributed by atoms with Crippen LogP contribution in [-0.2, 0) is 47.5 Å². The van der Waals surface area contributed by atoms with E-state index in [2.05, 4.69) is 26.0 Å². The van der Waals surface area contributed by atoms with Crippen molar-refractivity contribution in [3.8, 4) is 0 Å². The molecule has 8 aliphatic rings. The van der Waals surface area contributed by atoms with Crippen LogP contribution in [-0.4, -0.2) is 152 Å². The molecule has 434 valence electrons. The van der Waals surface area contributed by atoms with E-state index in [0.29, 0.717) is 32.1 Å². The first-order valence-corrected chi connectivity index (χ1v) is 29.0. The van der Waals surface area contributed by atoms with Gasteiger partial charge in [-0.1, -0.05) is 89.8 Å². The molecule has 7 N–H and O–H groups in total. The lowest BCUT2D eigenvalue weighted by Crippen LogP contribution is -2.57. The molecule has 25 unspecified atom stereocenters. The summed E-state index contributed by atoms with van der Waals surface area (Å²) in [4.78, 5) is 44.3. The van der Waals surface area contributed by atoms with Gasteiger partial charge in [0, 0.05) is 73.2 Å². The molecule has 0 amide bonds. The highest BCUT2D eigenvalue weighted by molar-refractivity contribution is 6.26. The van der Waals surface area contributed by atoms with E-state index in [4.69, 9.17) is 33.2 Å². The average molecular weight is 1090 g/mol. The molecule has 5 fully saturated rings. The van der Waals surface area contributed by atoms with Crippen LogP contribution in [0.5, 0.6) is 0 Å². The first-order valence-electron chi connectivity index (χ1n) is 29.0. The Labute approximate surface area is 455 Å². The van der Waals surface area contributed by atoms with Crippen LogP contribution < -0.4 is 0 Å². The fourth-order valence-corrected chi connectivity index (χ4v) is 15.7. The summed E-state index contributed by atoms with van der Waals surface area (Å²) in [5.41, 5.74) is -1.59. The molecule has 1 saturated carbocycles. The zero-order valence-corrected chi connectivity index (χ0v) is 47.6. The summed E-state index contributed by atoms with van der Waals surface area (Å²) in [6.45, 7) is 22.9. The monoisotopic (exact) mass is 1080 g/mol. The van der Waals surface area contributed by atoms with Gasteiger partial charge in [-0.05, 0) is 90.4 Å². The Kier molecular flexibility index (Phi) is 18.4. The average Bonchev–Trinajstić information content (AvgIpc) is 3.86. The quantitative estimate of drug-likeness (QED) is 0.0727. The number of aliphatic hydroxyl groups is 7. The zero-order valence-electron chi connectivity index (χ0n) is 47.6. The van der Waals surface area contributed by atoms with Crippen LogP contribution in [0.3, 0.4) is 0 Å². The number of hydrogen-bond acceptors (Lipinski definition) is 17. The van der Waals surface area contributed by atoms with Crippen molar-refractivity contribution in [2.45, 2.75) is 245 Å². The standard InChI is InChI=1S/C60H92O17/c1-13-38-20-37(27-61)18-30(5)52(74-46-23-43(65)54(35(10)72-46)76-47-24-44(66)53(36(11)73-47)75-45-22-42(64)51(67)34(9)71-45)28(3)16-15-17-58(12)25-31(6)32(7)26-60(58)56(69)48(57(70)77-60)55(68)59(14-2)49(38)29(4)19-39-41(63)21-40(62)33(8)50(39)59/h19-20,25,28,30,32-37,39,41-47,49-54,61,63-68H,13-18,21-24,26-27H2,1-12H3. The Balaban J connectivity index is 1.09. The molecule has 2 bridgehead atoms. The van der Waals surface area contributed by atoms with Crippen molar-refractivity contribution in [2.75, 3.05) is 6.61 Å². The third kappa shape index (κ3) is 11.0. The zero-order chi connectivity index (χ0) is 56.4. The number of hydrogen-bond donors (Lipinski definition) is 7. The lowest BCUT2D eigenvalue weighted by molar-refractivity contribution is -0.336. The van der Waals surface area contributed by atoms with Gasteiger partial charge in [0.25, 0.3) is 0 Å². The van der Waals surface area contributed by atoms with Crippen molar-refractivity contribution >= 4 is 17.5 Å². The maximum atomic E-state index is 15.7. The van der Waals surface area contributed by atoms with Crippen molar-refractivity contribution < 1.29 is 83.3 Å². The number of aliphatic hydroxyl groups excluding tert-OH is 7. The highest BCUT2D eigenvalue weighted by Gasteiger charge is 2.67. The molecule has 25 atom stereocenters. The fraction of sp³-hybridized carbons (Fsp3) is 0.817. The first kappa shape index (κ1) is 60.2. The highest BCUT2D eigenvalue weighted by atomic mass is 16.7. The summed E-state index contributed by atoms with van der Waals surface area (Å²) in [7, 11) is 0. The molecule has 17 heteroatoms. The maximum Gasteiger partial charge on any atom is 0.346 e. The molecule has 77 heavy (non-hydrogen) atoms. The van der Waals surface area contributed by atoms with Gasteiger partial charge < -0.3 is 68.9 Å². The normalized spacial score (nSPS) is 48.4. The predicted molar refractivity (Wildman–Crippen MR) is 282 cm³/mol. The number of carbonyl (C=O) groups excluding carboxylic acids is 3. The minimum absolute atomic E-state index is 0.0265. The van der Waals surface area contributed by atoms with Gasteiger partial charge in [0.15, 0.2) is 24.5 Å².